The van der Waals surface area contributed by atoms with Gasteiger partial charge in [-0.25, -0.2) is 9.37 Å². The van der Waals surface area contributed by atoms with Crippen molar-refractivity contribution in [2.45, 2.75) is 12.5 Å². The van der Waals surface area contributed by atoms with E-state index in [-0.39, 0.29) is 5.82 Å². The van der Waals surface area contributed by atoms with Gasteiger partial charge < -0.3 is 18.9 Å². The number of hydrogen-bond donors (Lipinski definition) is 0. The van der Waals surface area contributed by atoms with Crippen molar-refractivity contribution in [1.82, 2.24) is 4.98 Å². The normalized spacial score (nSPS) is 16.6. The predicted octanol–water partition coefficient (Wildman–Crippen LogP) is 6.14. The Morgan fingerprint density at radius 1 is 0.941 bits per heavy atom. The molecule has 34 heavy (non-hydrogen) atoms. The lowest BCUT2D eigenvalue weighted by atomic mass is 9.83. The maximum Gasteiger partial charge on any atom is 0.225 e. The van der Waals surface area contributed by atoms with Crippen molar-refractivity contribution in [3.63, 3.8) is 0 Å². The molecule has 1 aliphatic rings. The fourth-order valence-electron chi connectivity index (χ4n) is 4.29. The van der Waals surface area contributed by atoms with Gasteiger partial charge in [0.1, 0.15) is 23.1 Å². The van der Waals surface area contributed by atoms with Gasteiger partial charge >= 0.3 is 0 Å². The first-order chi connectivity index (χ1) is 16.6. The molecule has 0 aliphatic carbocycles. The van der Waals surface area contributed by atoms with Crippen molar-refractivity contribution in [3.05, 3.63) is 95.3 Å². The van der Waals surface area contributed by atoms with Crippen molar-refractivity contribution in [3.8, 4) is 23.1 Å². The summed E-state index contributed by atoms with van der Waals surface area (Å²) < 4.78 is 38.7. The van der Waals surface area contributed by atoms with Crippen LogP contribution >= 0.6 is 0 Å². The first-order valence-corrected chi connectivity index (χ1v) is 11.0. The largest absolute Gasteiger partial charge is 0.497 e. The lowest BCUT2D eigenvalue weighted by molar-refractivity contribution is 0.157. The van der Waals surface area contributed by atoms with Crippen molar-refractivity contribution < 1.29 is 23.3 Å². The minimum atomic E-state index is -1.22. The Hall–Kier alpha value is -4.06. The Morgan fingerprint density at radius 2 is 1.68 bits per heavy atom. The van der Waals surface area contributed by atoms with Crippen molar-refractivity contribution in [1.29, 1.82) is 0 Å². The van der Waals surface area contributed by atoms with Crippen LogP contribution in [0.2, 0.25) is 0 Å². The Kier molecular flexibility index (Phi) is 5.57. The molecule has 0 radical (unpaired) electrons. The average molecular weight is 458 g/mol. The molecule has 5 nitrogen and oxygen atoms in total. The van der Waals surface area contributed by atoms with E-state index in [1.807, 2.05) is 61.5 Å². The van der Waals surface area contributed by atoms with Gasteiger partial charge in [0.2, 0.25) is 5.88 Å². The minimum absolute atomic E-state index is 0.368. The summed E-state index contributed by atoms with van der Waals surface area (Å²) in [6.07, 6.45) is 3.75. The average Bonchev–Trinajstić information content (AvgIpc) is 2.88. The molecule has 3 aromatic carbocycles. The van der Waals surface area contributed by atoms with Crippen molar-refractivity contribution in [2.24, 2.45) is 0 Å². The van der Waals surface area contributed by atoms with E-state index in [0.717, 1.165) is 10.9 Å². The summed E-state index contributed by atoms with van der Waals surface area (Å²) >= 11 is 0. The summed E-state index contributed by atoms with van der Waals surface area (Å²) in [5, 5.41) is 0.747. The minimum Gasteiger partial charge on any atom is -0.497 e. The van der Waals surface area contributed by atoms with Crippen LogP contribution in [0.3, 0.4) is 0 Å². The summed E-state index contributed by atoms with van der Waals surface area (Å²) in [6, 6.07) is 19.6. The maximum atomic E-state index is 15.3. The van der Waals surface area contributed by atoms with Crippen LogP contribution in [-0.2, 0) is 5.60 Å². The van der Waals surface area contributed by atoms with Crippen LogP contribution in [0, 0.1) is 5.82 Å². The molecule has 0 amide bonds. The van der Waals surface area contributed by atoms with E-state index in [2.05, 4.69) is 4.98 Å². The Morgan fingerprint density at radius 3 is 2.38 bits per heavy atom. The van der Waals surface area contributed by atoms with Crippen molar-refractivity contribution in [2.75, 3.05) is 20.8 Å². The molecular formula is C28H24FNO4. The first-order valence-electron chi connectivity index (χ1n) is 11.0. The first kappa shape index (κ1) is 21.8. The predicted molar refractivity (Wildman–Crippen MR) is 129 cm³/mol. The molecule has 5 rings (SSSR count). The van der Waals surface area contributed by atoms with Crippen LogP contribution in [0.25, 0.3) is 17.0 Å². The summed E-state index contributed by atoms with van der Waals surface area (Å²) in [4.78, 5) is 4.69. The lowest BCUT2D eigenvalue weighted by Crippen LogP contribution is -2.35. The molecule has 172 valence electrons. The highest BCUT2D eigenvalue weighted by Gasteiger charge is 2.40. The third-order valence-corrected chi connectivity index (χ3v) is 5.97. The molecule has 0 spiro atoms. The van der Waals surface area contributed by atoms with E-state index >= 15 is 4.39 Å². The number of halogens is 1. The number of benzene rings is 3. The van der Waals surface area contributed by atoms with E-state index in [1.54, 1.807) is 32.4 Å². The lowest BCUT2D eigenvalue weighted by Gasteiger charge is -2.37. The summed E-state index contributed by atoms with van der Waals surface area (Å²) in [5.74, 6) is 2.01. The third-order valence-electron chi connectivity index (χ3n) is 5.97. The van der Waals surface area contributed by atoms with Crippen LogP contribution in [0.5, 0.6) is 23.1 Å². The smallest absolute Gasteiger partial charge is 0.225 e. The molecule has 0 N–H and O–H groups in total. The number of hydrogen-bond acceptors (Lipinski definition) is 5. The second-order valence-electron chi connectivity index (χ2n) is 7.86. The Labute approximate surface area is 197 Å². The van der Waals surface area contributed by atoms with E-state index in [4.69, 9.17) is 18.9 Å². The number of pyridine rings is 1. The molecule has 0 bridgehead atoms. The standard InChI is InChI=1S/C28H24FNO4/c1-4-33-27-21-15-16-28(23-7-5-6-8-24(23)29,18-9-11-19(31-2)12-10-18)34-26(21)22-17-20(32-3)13-14-25(22)30-27/h5-17H,4H2,1-3H3. The zero-order valence-electron chi connectivity index (χ0n) is 19.2. The highest BCUT2D eigenvalue weighted by molar-refractivity contribution is 5.92. The second-order valence-corrected chi connectivity index (χ2v) is 7.86. The molecular weight excluding hydrogens is 433 g/mol. The molecule has 0 saturated heterocycles. The number of aromatic nitrogens is 1. The Bertz CT molecular complexity index is 1380. The topological polar surface area (TPSA) is 49.8 Å². The number of ether oxygens (including phenoxy) is 4. The van der Waals surface area contributed by atoms with Crippen molar-refractivity contribution >= 4 is 17.0 Å². The van der Waals surface area contributed by atoms with Crippen LogP contribution in [0.4, 0.5) is 4.39 Å². The quantitative estimate of drug-likeness (QED) is 0.348. The summed E-state index contributed by atoms with van der Waals surface area (Å²) in [5.41, 5.74) is 1.32. The van der Waals surface area contributed by atoms with Crippen LogP contribution in [-0.4, -0.2) is 25.8 Å². The number of fused-ring (bicyclic) bond motifs is 3. The maximum absolute atomic E-state index is 15.3. The monoisotopic (exact) mass is 457 g/mol. The molecule has 2 heterocycles. The molecule has 4 aromatic rings. The van der Waals surface area contributed by atoms with E-state index < -0.39 is 5.60 Å². The summed E-state index contributed by atoms with van der Waals surface area (Å²) in [6.45, 7) is 2.35. The van der Waals surface area contributed by atoms with E-state index in [9.17, 15) is 0 Å². The van der Waals surface area contributed by atoms with Gasteiger partial charge in [0, 0.05) is 16.5 Å². The van der Waals surface area contributed by atoms with Crippen LogP contribution < -0.4 is 18.9 Å². The highest BCUT2D eigenvalue weighted by atomic mass is 19.1. The molecule has 0 saturated carbocycles. The number of methoxy groups -OCH3 is 2. The highest BCUT2D eigenvalue weighted by Crippen LogP contribution is 2.48. The summed E-state index contributed by atoms with van der Waals surface area (Å²) in [7, 11) is 3.22. The molecule has 1 aliphatic heterocycles. The SMILES string of the molecule is CCOc1nc2ccc(OC)cc2c2c1C=CC(c1ccc(OC)cc1)(c1ccccc1F)O2. The number of rotatable bonds is 6. The third kappa shape index (κ3) is 3.52. The van der Waals surface area contributed by atoms with Gasteiger partial charge in [0.15, 0.2) is 5.60 Å². The van der Waals surface area contributed by atoms with Crippen LogP contribution in [0.15, 0.2) is 72.8 Å². The molecule has 1 atom stereocenters. The molecule has 6 heteroatoms. The zero-order chi connectivity index (χ0) is 23.7. The van der Waals surface area contributed by atoms with Gasteiger partial charge in [-0.3, -0.25) is 0 Å². The van der Waals surface area contributed by atoms with Gasteiger partial charge in [0.05, 0.1) is 31.9 Å². The zero-order valence-corrected chi connectivity index (χ0v) is 19.2. The molecule has 0 fully saturated rings. The second kappa shape index (κ2) is 8.71. The Balaban J connectivity index is 1.80. The fraction of sp³-hybridized carbons (Fsp3) is 0.179. The fourth-order valence-corrected chi connectivity index (χ4v) is 4.29. The van der Waals surface area contributed by atoms with Gasteiger partial charge in [0.25, 0.3) is 0 Å². The van der Waals surface area contributed by atoms with E-state index in [0.29, 0.717) is 46.4 Å². The van der Waals surface area contributed by atoms with Gasteiger partial charge in [-0.15, -0.1) is 0 Å². The molecule has 1 unspecified atom stereocenters. The van der Waals surface area contributed by atoms with Gasteiger partial charge in [-0.1, -0.05) is 30.3 Å². The van der Waals surface area contributed by atoms with Crippen LogP contribution in [0.1, 0.15) is 23.6 Å². The number of nitrogens with zero attached hydrogens (tertiary/aromatic N) is 1. The van der Waals surface area contributed by atoms with Gasteiger partial charge in [-0.2, -0.15) is 0 Å². The van der Waals surface area contributed by atoms with E-state index in [1.165, 1.54) is 6.07 Å². The van der Waals surface area contributed by atoms with Gasteiger partial charge in [-0.05, 0) is 55.5 Å². The molecule has 1 aromatic heterocycles.